The maximum absolute atomic E-state index is 10.3. The second-order valence-electron chi connectivity index (χ2n) is 1.23. The van der Waals surface area contributed by atoms with E-state index in [4.69, 9.17) is 4.89 Å². The van der Waals surface area contributed by atoms with Gasteiger partial charge in [0.15, 0.2) is 8.03 Å². The molecule has 0 radical (unpaired) electrons. The second-order valence-corrected chi connectivity index (χ2v) is 4.25. The molecule has 0 spiro atoms. The molecule has 0 aliphatic carbocycles. The molecule has 0 amide bonds. The molecule has 0 aliphatic heterocycles. The van der Waals surface area contributed by atoms with Crippen LogP contribution in [0.2, 0.25) is 0 Å². The van der Waals surface area contributed by atoms with E-state index in [0.29, 0.717) is 0 Å². The van der Waals surface area contributed by atoms with Gasteiger partial charge in [-0.05, 0) is 0 Å². The molecule has 0 heterocycles. The summed E-state index contributed by atoms with van der Waals surface area (Å²) in [5.74, 6) is 0. The monoisotopic (exact) mass is 174 g/mol. The Balaban J connectivity index is 3.88. The molecule has 56 valence electrons. The minimum Gasteiger partial charge on any atom is -0.302 e. The van der Waals surface area contributed by atoms with Gasteiger partial charge < -0.3 is 4.89 Å². The Hall–Kier alpha value is 0.340. The van der Waals surface area contributed by atoms with Crippen molar-refractivity contribution in [1.82, 2.24) is 0 Å². The van der Waals surface area contributed by atoms with Gasteiger partial charge in [0.2, 0.25) is 0 Å². The normalized spacial score (nSPS) is 20.8. The maximum Gasteiger partial charge on any atom is 0.477 e. The van der Waals surface area contributed by atoms with Gasteiger partial charge in [-0.1, -0.05) is 0 Å². The van der Waals surface area contributed by atoms with Gasteiger partial charge in [0.1, 0.15) is 0 Å². The SMILES string of the molecule is COP(=O)(O)O[PH](C)=O. The number of phosphoric ester groups is 1. The van der Waals surface area contributed by atoms with Crippen LogP contribution < -0.4 is 0 Å². The van der Waals surface area contributed by atoms with Gasteiger partial charge in [-0.25, -0.2) is 8.88 Å². The van der Waals surface area contributed by atoms with E-state index in [1.807, 2.05) is 0 Å². The van der Waals surface area contributed by atoms with Gasteiger partial charge in [-0.3, -0.25) is 9.09 Å². The fourth-order valence-electron chi connectivity index (χ4n) is 0.200. The van der Waals surface area contributed by atoms with Crippen molar-refractivity contribution in [3.8, 4) is 0 Å². The van der Waals surface area contributed by atoms with Crippen LogP contribution >= 0.6 is 15.9 Å². The fraction of sp³-hybridized carbons (Fsp3) is 1.00. The number of hydrogen-bond acceptors (Lipinski definition) is 4. The molecule has 0 fully saturated rings. The predicted molar refractivity (Wildman–Crippen MR) is 32.8 cm³/mol. The van der Waals surface area contributed by atoms with Gasteiger partial charge in [0, 0.05) is 13.8 Å². The van der Waals surface area contributed by atoms with Crippen molar-refractivity contribution in [1.29, 1.82) is 0 Å². The average molecular weight is 174 g/mol. The molecule has 0 rings (SSSR count). The number of hydrogen-bond donors (Lipinski definition) is 1. The average Bonchev–Trinajstić information content (AvgIpc) is 1.63. The number of phosphoric acid groups is 1. The summed E-state index contributed by atoms with van der Waals surface area (Å²) in [7, 11) is -5.38. The van der Waals surface area contributed by atoms with E-state index < -0.39 is 15.9 Å². The molecule has 0 aromatic rings. The molecule has 1 N–H and O–H groups in total. The quantitative estimate of drug-likeness (QED) is 0.642. The Morgan fingerprint density at radius 1 is 1.67 bits per heavy atom. The lowest BCUT2D eigenvalue weighted by Gasteiger charge is -2.04. The van der Waals surface area contributed by atoms with Crippen molar-refractivity contribution in [2.24, 2.45) is 0 Å². The third kappa shape index (κ3) is 4.82. The van der Waals surface area contributed by atoms with Crippen LogP contribution in [-0.2, 0) is 18.0 Å². The summed E-state index contributed by atoms with van der Waals surface area (Å²) in [5, 5.41) is 0. The Bertz CT molecular complexity index is 153. The minimum atomic E-state index is -4.00. The molecule has 0 aromatic heterocycles. The molecule has 7 heteroatoms. The Morgan fingerprint density at radius 2 is 2.11 bits per heavy atom. The summed E-state index contributed by atoms with van der Waals surface area (Å²) in [4.78, 5) is 8.43. The highest BCUT2D eigenvalue weighted by Crippen LogP contribution is 2.49. The Labute approximate surface area is 53.5 Å². The number of rotatable bonds is 3. The smallest absolute Gasteiger partial charge is 0.302 e. The van der Waals surface area contributed by atoms with E-state index in [1.165, 1.54) is 6.66 Å². The highest BCUT2D eigenvalue weighted by Gasteiger charge is 2.19. The third-order valence-electron chi connectivity index (χ3n) is 0.475. The Kier molecular flexibility index (Phi) is 3.63. The molecule has 0 saturated carbocycles. The van der Waals surface area contributed by atoms with E-state index in [1.54, 1.807) is 0 Å². The summed E-state index contributed by atoms with van der Waals surface area (Å²) in [6.45, 7) is 1.20. The highest BCUT2D eigenvalue weighted by molar-refractivity contribution is 7.57. The summed E-state index contributed by atoms with van der Waals surface area (Å²) in [5.41, 5.74) is 0. The summed E-state index contributed by atoms with van der Waals surface area (Å²) >= 11 is 0. The topological polar surface area (TPSA) is 72.8 Å². The van der Waals surface area contributed by atoms with E-state index >= 15 is 0 Å². The molecule has 2 unspecified atom stereocenters. The van der Waals surface area contributed by atoms with Crippen molar-refractivity contribution in [3.63, 3.8) is 0 Å². The van der Waals surface area contributed by atoms with Crippen LogP contribution in [0.1, 0.15) is 0 Å². The first kappa shape index (κ1) is 9.34. The van der Waals surface area contributed by atoms with Gasteiger partial charge in [-0.2, -0.15) is 0 Å². The van der Waals surface area contributed by atoms with Gasteiger partial charge in [0.05, 0.1) is 0 Å². The van der Waals surface area contributed by atoms with Crippen LogP contribution in [-0.4, -0.2) is 18.7 Å². The van der Waals surface area contributed by atoms with Crippen LogP contribution in [0, 0.1) is 0 Å². The van der Waals surface area contributed by atoms with E-state index in [0.717, 1.165) is 7.11 Å². The first-order valence-electron chi connectivity index (χ1n) is 2.06. The third-order valence-corrected chi connectivity index (χ3v) is 2.89. The van der Waals surface area contributed by atoms with E-state index in [2.05, 4.69) is 8.83 Å². The van der Waals surface area contributed by atoms with Gasteiger partial charge in [-0.15, -0.1) is 0 Å². The van der Waals surface area contributed by atoms with Crippen molar-refractivity contribution in [2.45, 2.75) is 0 Å². The molecule has 0 bridgehead atoms. The van der Waals surface area contributed by atoms with E-state index in [-0.39, 0.29) is 0 Å². The molecular weight excluding hydrogens is 166 g/mol. The molecule has 2 atom stereocenters. The van der Waals surface area contributed by atoms with E-state index in [9.17, 15) is 9.13 Å². The molecular formula is C2H8O5P2. The summed E-state index contributed by atoms with van der Waals surface area (Å²) in [6.07, 6.45) is 0. The second kappa shape index (κ2) is 3.49. The lowest BCUT2D eigenvalue weighted by Crippen LogP contribution is -1.82. The van der Waals surface area contributed by atoms with Crippen molar-refractivity contribution in [3.05, 3.63) is 0 Å². The van der Waals surface area contributed by atoms with Crippen LogP contribution in [0.4, 0.5) is 0 Å². The lowest BCUT2D eigenvalue weighted by molar-refractivity contribution is 0.247. The zero-order valence-electron chi connectivity index (χ0n) is 5.03. The molecule has 0 saturated heterocycles. The first-order valence-corrected chi connectivity index (χ1v) is 5.38. The van der Waals surface area contributed by atoms with Crippen molar-refractivity contribution in [2.75, 3.05) is 13.8 Å². The maximum atomic E-state index is 10.3. The fourth-order valence-corrected chi connectivity index (χ4v) is 1.80. The van der Waals surface area contributed by atoms with Gasteiger partial charge in [0.25, 0.3) is 0 Å². The van der Waals surface area contributed by atoms with Crippen LogP contribution in [0.15, 0.2) is 0 Å². The van der Waals surface area contributed by atoms with Gasteiger partial charge >= 0.3 is 7.82 Å². The van der Waals surface area contributed by atoms with Crippen molar-refractivity contribution < 1.29 is 22.9 Å². The van der Waals surface area contributed by atoms with Crippen LogP contribution in [0.3, 0.4) is 0 Å². The molecule has 5 nitrogen and oxygen atoms in total. The van der Waals surface area contributed by atoms with Crippen LogP contribution in [0.25, 0.3) is 0 Å². The molecule has 0 aliphatic rings. The van der Waals surface area contributed by atoms with Crippen molar-refractivity contribution >= 4 is 15.9 Å². The molecule has 9 heavy (non-hydrogen) atoms. The van der Waals surface area contributed by atoms with Crippen LogP contribution in [0.5, 0.6) is 0 Å². The largest absolute Gasteiger partial charge is 0.477 e. The standard InChI is InChI=1S/C2H8O5P2/c1-6-9(4,5)7-8(2)3/h8H,1-2H3,(H,4,5). The summed E-state index contributed by atoms with van der Waals surface area (Å²) in [6, 6.07) is 0. The zero-order chi connectivity index (χ0) is 7.49. The highest BCUT2D eigenvalue weighted by atomic mass is 31.2. The molecule has 0 aromatic carbocycles. The Morgan fingerprint density at radius 3 is 2.22 bits per heavy atom. The first-order chi connectivity index (χ1) is 3.98. The lowest BCUT2D eigenvalue weighted by atomic mass is 11.8. The predicted octanol–water partition coefficient (Wildman–Crippen LogP) is 0.854. The zero-order valence-corrected chi connectivity index (χ0v) is 6.92. The minimum absolute atomic E-state index is 1.01. The summed E-state index contributed by atoms with van der Waals surface area (Å²) < 4.78 is 28.5.